The number of amides is 3. The van der Waals surface area contributed by atoms with Gasteiger partial charge in [-0.3, -0.25) is 25.2 Å². The molecule has 2 N–H and O–H groups in total. The molecule has 3 amide bonds. The van der Waals surface area contributed by atoms with Crippen LogP contribution in [0.2, 0.25) is 5.02 Å². The van der Waals surface area contributed by atoms with Gasteiger partial charge in [0.2, 0.25) is 5.91 Å². The van der Waals surface area contributed by atoms with E-state index in [9.17, 15) is 14.4 Å². The maximum Gasteiger partial charge on any atom is 0.271 e. The second-order valence-electron chi connectivity index (χ2n) is 5.73. The van der Waals surface area contributed by atoms with Gasteiger partial charge in [0.05, 0.1) is 10.6 Å². The molecule has 26 heavy (non-hydrogen) atoms. The van der Waals surface area contributed by atoms with Crippen molar-refractivity contribution in [1.82, 2.24) is 10.9 Å². The minimum absolute atomic E-state index is 0.239. The Morgan fingerprint density at radius 2 is 1.88 bits per heavy atom. The van der Waals surface area contributed by atoms with Gasteiger partial charge in [-0.2, -0.15) is 0 Å². The van der Waals surface area contributed by atoms with Crippen molar-refractivity contribution >= 4 is 50.9 Å². The number of rotatable bonds is 3. The molecule has 1 aliphatic rings. The Morgan fingerprint density at radius 3 is 2.62 bits per heavy atom. The Bertz CT molecular complexity index is 874. The summed E-state index contributed by atoms with van der Waals surface area (Å²) in [5.41, 5.74) is 5.57. The first-order valence-electron chi connectivity index (χ1n) is 7.89. The maximum absolute atomic E-state index is 12.5. The Morgan fingerprint density at radius 1 is 1.12 bits per heavy atom. The van der Waals surface area contributed by atoms with Gasteiger partial charge in [0.15, 0.2) is 0 Å². The number of benzene rings is 2. The molecular formula is C18H15BrClN3O3. The van der Waals surface area contributed by atoms with Crippen molar-refractivity contribution in [1.29, 1.82) is 0 Å². The van der Waals surface area contributed by atoms with E-state index >= 15 is 0 Å². The van der Waals surface area contributed by atoms with E-state index < -0.39 is 17.7 Å². The highest BCUT2D eigenvalue weighted by molar-refractivity contribution is 9.10. The Hall–Kier alpha value is -2.38. The fourth-order valence-electron chi connectivity index (χ4n) is 2.74. The third-order valence-corrected chi connectivity index (χ3v) is 4.88. The summed E-state index contributed by atoms with van der Waals surface area (Å²) < 4.78 is 0.850. The Kier molecular flexibility index (Phi) is 5.58. The third kappa shape index (κ3) is 3.89. The smallest absolute Gasteiger partial charge is 0.271 e. The standard InChI is InChI=1S/C18H15BrClN3O3/c19-11-4-3-5-12(10-11)23-9-8-14(18(23)26)17(25)22-21-16(24)13-6-1-2-7-15(13)20/h1-7,10,14H,8-9H2,(H,21,24)(H,22,25). The molecule has 6 nitrogen and oxygen atoms in total. The molecule has 0 radical (unpaired) electrons. The number of hydrazine groups is 1. The molecule has 0 aliphatic carbocycles. The molecule has 2 aromatic carbocycles. The van der Waals surface area contributed by atoms with Crippen LogP contribution in [0, 0.1) is 5.92 Å². The predicted octanol–water partition coefficient (Wildman–Crippen LogP) is 2.92. The van der Waals surface area contributed by atoms with Crippen LogP contribution in [0.1, 0.15) is 16.8 Å². The number of nitrogens with one attached hydrogen (secondary N) is 2. The fourth-order valence-corrected chi connectivity index (χ4v) is 3.35. The van der Waals surface area contributed by atoms with Crippen LogP contribution in [-0.2, 0) is 9.59 Å². The molecule has 134 valence electrons. The summed E-state index contributed by atoms with van der Waals surface area (Å²) in [6.45, 7) is 0.436. The van der Waals surface area contributed by atoms with Gasteiger partial charge < -0.3 is 4.90 Å². The molecule has 0 saturated carbocycles. The van der Waals surface area contributed by atoms with E-state index in [-0.39, 0.29) is 16.5 Å². The van der Waals surface area contributed by atoms with Gasteiger partial charge >= 0.3 is 0 Å². The van der Waals surface area contributed by atoms with E-state index in [2.05, 4.69) is 26.8 Å². The lowest BCUT2D eigenvalue weighted by Gasteiger charge is -2.17. The number of hydrogen-bond donors (Lipinski definition) is 2. The zero-order chi connectivity index (χ0) is 18.7. The molecule has 1 fully saturated rings. The van der Waals surface area contributed by atoms with Gasteiger partial charge in [-0.15, -0.1) is 0 Å². The fraction of sp³-hybridized carbons (Fsp3) is 0.167. The molecule has 0 bridgehead atoms. The number of carbonyl (C=O) groups is 3. The Labute approximate surface area is 163 Å². The highest BCUT2D eigenvalue weighted by atomic mass is 79.9. The number of anilines is 1. The first-order valence-corrected chi connectivity index (χ1v) is 9.06. The lowest BCUT2D eigenvalue weighted by molar-refractivity contribution is -0.132. The topological polar surface area (TPSA) is 78.5 Å². The number of carbonyl (C=O) groups excluding carboxylic acids is 3. The molecule has 0 aromatic heterocycles. The number of hydrogen-bond acceptors (Lipinski definition) is 3. The molecule has 1 atom stereocenters. The lowest BCUT2D eigenvalue weighted by Crippen LogP contribution is -2.46. The third-order valence-electron chi connectivity index (χ3n) is 4.06. The monoisotopic (exact) mass is 435 g/mol. The van der Waals surface area contributed by atoms with Crippen LogP contribution in [0.4, 0.5) is 5.69 Å². The first kappa shape index (κ1) is 18.4. The average molecular weight is 437 g/mol. The quantitative estimate of drug-likeness (QED) is 0.574. The summed E-state index contributed by atoms with van der Waals surface area (Å²) in [5, 5.41) is 0.275. The van der Waals surface area contributed by atoms with Crippen LogP contribution in [-0.4, -0.2) is 24.3 Å². The molecular weight excluding hydrogens is 422 g/mol. The summed E-state index contributed by atoms with van der Waals surface area (Å²) in [6.07, 6.45) is 0.374. The van der Waals surface area contributed by atoms with Crippen molar-refractivity contribution in [3.63, 3.8) is 0 Å². The zero-order valence-electron chi connectivity index (χ0n) is 13.5. The largest absolute Gasteiger partial charge is 0.312 e. The van der Waals surface area contributed by atoms with E-state index in [1.807, 2.05) is 24.3 Å². The molecule has 1 aliphatic heterocycles. The summed E-state index contributed by atoms with van der Waals surface area (Å²) >= 11 is 9.31. The molecule has 0 spiro atoms. The molecule has 3 rings (SSSR count). The van der Waals surface area contributed by atoms with E-state index in [0.717, 1.165) is 10.2 Å². The zero-order valence-corrected chi connectivity index (χ0v) is 15.9. The predicted molar refractivity (Wildman–Crippen MR) is 102 cm³/mol. The minimum Gasteiger partial charge on any atom is -0.312 e. The normalized spacial score (nSPS) is 16.5. The summed E-state index contributed by atoms with van der Waals surface area (Å²) in [4.78, 5) is 38.5. The van der Waals surface area contributed by atoms with Crippen LogP contribution in [0.3, 0.4) is 0 Å². The van der Waals surface area contributed by atoms with Crippen molar-refractivity contribution in [3.8, 4) is 0 Å². The van der Waals surface area contributed by atoms with Gasteiger partial charge in [-0.25, -0.2) is 0 Å². The molecule has 1 saturated heterocycles. The number of nitrogens with zero attached hydrogens (tertiary/aromatic N) is 1. The van der Waals surface area contributed by atoms with Gasteiger partial charge in [-0.05, 0) is 36.8 Å². The van der Waals surface area contributed by atoms with Gasteiger partial charge in [0.1, 0.15) is 5.92 Å². The van der Waals surface area contributed by atoms with Crippen LogP contribution in [0.5, 0.6) is 0 Å². The van der Waals surface area contributed by atoms with E-state index in [1.54, 1.807) is 29.2 Å². The second kappa shape index (κ2) is 7.88. The van der Waals surface area contributed by atoms with Gasteiger partial charge in [0.25, 0.3) is 11.8 Å². The van der Waals surface area contributed by atoms with Crippen LogP contribution < -0.4 is 15.8 Å². The lowest BCUT2D eigenvalue weighted by atomic mass is 10.1. The van der Waals surface area contributed by atoms with Crippen LogP contribution >= 0.6 is 27.5 Å². The molecule has 2 aromatic rings. The Balaban J connectivity index is 1.61. The van der Waals surface area contributed by atoms with E-state index in [4.69, 9.17) is 11.6 Å². The SMILES string of the molecule is O=C(NNC(=O)C1CCN(c2cccc(Br)c2)C1=O)c1ccccc1Cl. The van der Waals surface area contributed by atoms with E-state index in [1.165, 1.54) is 0 Å². The minimum atomic E-state index is -0.847. The molecule has 1 unspecified atom stereocenters. The summed E-state index contributed by atoms with van der Waals surface area (Å²) in [5.74, 6) is -2.24. The number of halogens is 2. The highest BCUT2D eigenvalue weighted by Gasteiger charge is 2.37. The van der Waals surface area contributed by atoms with Crippen LogP contribution in [0.25, 0.3) is 0 Å². The first-order chi connectivity index (χ1) is 12.5. The van der Waals surface area contributed by atoms with Crippen molar-refractivity contribution in [3.05, 3.63) is 63.6 Å². The van der Waals surface area contributed by atoms with Gasteiger partial charge in [-0.1, -0.05) is 45.7 Å². The van der Waals surface area contributed by atoms with Crippen molar-refractivity contribution in [2.24, 2.45) is 5.92 Å². The van der Waals surface area contributed by atoms with Crippen molar-refractivity contribution < 1.29 is 14.4 Å². The second-order valence-corrected chi connectivity index (χ2v) is 7.06. The summed E-state index contributed by atoms with van der Waals surface area (Å²) in [7, 11) is 0. The van der Waals surface area contributed by atoms with Gasteiger partial charge in [0, 0.05) is 16.7 Å². The average Bonchev–Trinajstić information content (AvgIpc) is 3.01. The van der Waals surface area contributed by atoms with Crippen molar-refractivity contribution in [2.75, 3.05) is 11.4 Å². The van der Waals surface area contributed by atoms with E-state index in [0.29, 0.717) is 13.0 Å². The highest BCUT2D eigenvalue weighted by Crippen LogP contribution is 2.27. The molecule has 8 heteroatoms. The van der Waals surface area contributed by atoms with Crippen LogP contribution in [0.15, 0.2) is 53.0 Å². The van der Waals surface area contributed by atoms with Crippen molar-refractivity contribution in [2.45, 2.75) is 6.42 Å². The maximum atomic E-state index is 12.5. The summed E-state index contributed by atoms with van der Waals surface area (Å²) in [6, 6.07) is 13.8. The molecule has 1 heterocycles.